The van der Waals surface area contributed by atoms with E-state index < -0.39 is 22.8 Å². The number of hydrogen-bond acceptors (Lipinski definition) is 9. The van der Waals surface area contributed by atoms with Gasteiger partial charge in [-0.25, -0.2) is 9.69 Å². The minimum Gasteiger partial charge on any atom is -0.495 e. The third-order valence-corrected chi connectivity index (χ3v) is 7.07. The van der Waals surface area contributed by atoms with Gasteiger partial charge in [-0.05, 0) is 71.0 Å². The number of carbonyl (C=O) groups is 3. The van der Waals surface area contributed by atoms with Crippen LogP contribution >= 0.6 is 34.2 Å². The van der Waals surface area contributed by atoms with Gasteiger partial charge >= 0.3 is 6.03 Å². The van der Waals surface area contributed by atoms with Crippen LogP contribution in [0.2, 0.25) is 5.02 Å². The van der Waals surface area contributed by atoms with E-state index in [1.54, 1.807) is 31.2 Å². The van der Waals surface area contributed by atoms with Crippen molar-refractivity contribution in [2.24, 2.45) is 0 Å². The summed E-state index contributed by atoms with van der Waals surface area (Å²) in [5.74, 6) is -0.715. The van der Waals surface area contributed by atoms with E-state index in [-0.39, 0.29) is 40.1 Å². The number of amides is 4. The number of nitro groups is 1. The van der Waals surface area contributed by atoms with Crippen molar-refractivity contribution in [3.63, 3.8) is 0 Å². The molecule has 0 bridgehead atoms. The molecule has 3 aromatic rings. The van der Waals surface area contributed by atoms with Crippen LogP contribution in [0.1, 0.15) is 18.1 Å². The molecule has 0 saturated carbocycles. The van der Waals surface area contributed by atoms with Gasteiger partial charge in [-0.15, -0.1) is 0 Å². The Hall–Kier alpha value is -4.37. The largest absolute Gasteiger partial charge is 0.495 e. The zero-order chi connectivity index (χ0) is 30.6. The number of benzene rings is 3. The topological polar surface area (TPSA) is 147 Å². The minimum absolute atomic E-state index is 0.0271. The molecule has 4 amide bonds. The van der Waals surface area contributed by atoms with Crippen molar-refractivity contribution in [2.45, 2.75) is 13.5 Å². The number of imide groups is 2. The van der Waals surface area contributed by atoms with E-state index in [9.17, 15) is 24.5 Å². The predicted molar refractivity (Wildman–Crippen MR) is 161 cm³/mol. The lowest BCUT2D eigenvalue weighted by Gasteiger charge is -2.28. The molecule has 1 heterocycles. The number of rotatable bonds is 10. The van der Waals surface area contributed by atoms with E-state index >= 15 is 0 Å². The van der Waals surface area contributed by atoms with E-state index in [2.05, 4.69) is 5.32 Å². The number of ether oxygens (including phenoxy) is 4. The second-order valence-corrected chi connectivity index (χ2v) is 10.2. The first kappa shape index (κ1) is 30.6. The van der Waals surface area contributed by atoms with E-state index in [0.29, 0.717) is 32.8 Å². The number of non-ortho nitro benzene ring substituents is 1. The summed E-state index contributed by atoms with van der Waals surface area (Å²) >= 11 is 8.21. The van der Waals surface area contributed by atoms with Gasteiger partial charge in [-0.1, -0.05) is 11.6 Å². The third-order valence-electron chi connectivity index (χ3n) is 5.97. The molecule has 14 heteroatoms. The number of methoxy groups -OCH3 is 2. The first-order valence-electron chi connectivity index (χ1n) is 12.2. The monoisotopic (exact) mass is 707 g/mol. The van der Waals surface area contributed by atoms with Crippen molar-refractivity contribution in [1.82, 2.24) is 5.32 Å². The fourth-order valence-electron chi connectivity index (χ4n) is 4.01. The van der Waals surface area contributed by atoms with Crippen LogP contribution in [0, 0.1) is 13.7 Å². The summed E-state index contributed by atoms with van der Waals surface area (Å²) in [5.41, 5.74) is 0.811. The van der Waals surface area contributed by atoms with Crippen molar-refractivity contribution < 1.29 is 38.3 Å². The molecule has 218 valence electrons. The van der Waals surface area contributed by atoms with Gasteiger partial charge in [-0.2, -0.15) is 0 Å². The number of nitro benzene ring substituents is 1. The molecule has 3 aromatic carbocycles. The molecule has 1 aliphatic rings. The van der Waals surface area contributed by atoms with Crippen molar-refractivity contribution in [1.29, 1.82) is 0 Å². The van der Waals surface area contributed by atoms with E-state index in [1.165, 1.54) is 44.6 Å². The molecular formula is C28H23ClIN3O9. The fraction of sp³-hybridized carbons (Fsp3) is 0.179. The maximum absolute atomic E-state index is 13.5. The first-order valence-corrected chi connectivity index (χ1v) is 13.7. The summed E-state index contributed by atoms with van der Waals surface area (Å²) in [6, 6.07) is 11.0. The maximum atomic E-state index is 13.5. The molecule has 0 aromatic heterocycles. The SMILES string of the molecule is CCOc1cc(/C=C2\C(=O)NC(=O)N(c3cc(OC)c(Cl)cc3OC)C2=O)cc(I)c1OCc1ccc([N+](=O)[O-])cc1. The van der Waals surface area contributed by atoms with Crippen molar-refractivity contribution in [2.75, 3.05) is 25.7 Å². The highest BCUT2D eigenvalue weighted by Gasteiger charge is 2.38. The third kappa shape index (κ3) is 6.41. The van der Waals surface area contributed by atoms with Crippen LogP contribution in [0.5, 0.6) is 23.0 Å². The van der Waals surface area contributed by atoms with Gasteiger partial charge in [-0.3, -0.25) is 25.0 Å². The Labute approximate surface area is 258 Å². The van der Waals surface area contributed by atoms with Gasteiger partial charge in [0.2, 0.25) is 0 Å². The van der Waals surface area contributed by atoms with Gasteiger partial charge in [0.1, 0.15) is 23.7 Å². The average Bonchev–Trinajstić information content (AvgIpc) is 2.95. The molecule has 0 atom stereocenters. The summed E-state index contributed by atoms with van der Waals surface area (Å²) < 4.78 is 22.9. The number of carbonyl (C=O) groups excluding carboxylic acids is 3. The van der Waals surface area contributed by atoms with Gasteiger partial charge < -0.3 is 18.9 Å². The lowest BCUT2D eigenvalue weighted by Crippen LogP contribution is -2.54. The lowest BCUT2D eigenvalue weighted by molar-refractivity contribution is -0.384. The minimum atomic E-state index is -0.968. The number of hydrogen-bond donors (Lipinski definition) is 1. The van der Waals surface area contributed by atoms with Gasteiger partial charge in [0.15, 0.2) is 11.5 Å². The Bertz CT molecular complexity index is 1610. The highest BCUT2D eigenvalue weighted by Crippen LogP contribution is 2.40. The number of nitrogens with zero attached hydrogens (tertiary/aromatic N) is 2. The predicted octanol–water partition coefficient (Wildman–Crippen LogP) is 5.51. The van der Waals surface area contributed by atoms with Crippen LogP contribution in [0.25, 0.3) is 6.08 Å². The zero-order valence-corrected chi connectivity index (χ0v) is 25.3. The van der Waals surface area contributed by atoms with Crippen LogP contribution in [-0.2, 0) is 16.2 Å². The number of barbiturate groups is 1. The van der Waals surface area contributed by atoms with Crippen LogP contribution in [0.3, 0.4) is 0 Å². The first-order chi connectivity index (χ1) is 20.1. The van der Waals surface area contributed by atoms with Gasteiger partial charge in [0.25, 0.3) is 17.5 Å². The molecule has 1 aliphatic heterocycles. The summed E-state index contributed by atoms with van der Waals surface area (Å²) in [6.07, 6.45) is 1.33. The molecule has 0 radical (unpaired) electrons. The molecule has 0 unspecified atom stereocenters. The van der Waals surface area contributed by atoms with Crippen LogP contribution in [-0.4, -0.2) is 43.6 Å². The zero-order valence-electron chi connectivity index (χ0n) is 22.4. The van der Waals surface area contributed by atoms with Crippen molar-refractivity contribution in [3.8, 4) is 23.0 Å². The van der Waals surface area contributed by atoms with Crippen LogP contribution in [0.15, 0.2) is 54.1 Å². The molecular weight excluding hydrogens is 685 g/mol. The Morgan fingerprint density at radius 1 is 1.00 bits per heavy atom. The summed E-state index contributed by atoms with van der Waals surface area (Å²) in [5, 5.41) is 13.3. The smallest absolute Gasteiger partial charge is 0.336 e. The number of urea groups is 1. The van der Waals surface area contributed by atoms with Gasteiger partial charge in [0, 0.05) is 24.3 Å². The Morgan fingerprint density at radius 2 is 1.69 bits per heavy atom. The molecule has 0 spiro atoms. The molecule has 42 heavy (non-hydrogen) atoms. The highest BCUT2D eigenvalue weighted by molar-refractivity contribution is 14.1. The van der Waals surface area contributed by atoms with Gasteiger partial charge in [0.05, 0.1) is 40.0 Å². The molecule has 4 rings (SSSR count). The summed E-state index contributed by atoms with van der Waals surface area (Å²) in [7, 11) is 2.72. The second kappa shape index (κ2) is 13.1. The summed E-state index contributed by atoms with van der Waals surface area (Å²) in [4.78, 5) is 50.3. The quantitative estimate of drug-likeness (QED) is 0.0947. The molecule has 12 nitrogen and oxygen atoms in total. The lowest BCUT2D eigenvalue weighted by atomic mass is 10.1. The van der Waals surface area contributed by atoms with Crippen LogP contribution < -0.4 is 29.2 Å². The second-order valence-electron chi connectivity index (χ2n) is 8.59. The average molecular weight is 708 g/mol. The number of nitrogens with one attached hydrogen (secondary N) is 1. The van der Waals surface area contributed by atoms with E-state index in [0.717, 1.165) is 4.90 Å². The van der Waals surface area contributed by atoms with E-state index in [1.807, 2.05) is 22.6 Å². The molecule has 1 fully saturated rings. The van der Waals surface area contributed by atoms with Crippen molar-refractivity contribution in [3.05, 3.63) is 83.9 Å². The number of anilines is 1. The van der Waals surface area contributed by atoms with E-state index in [4.69, 9.17) is 30.5 Å². The molecule has 0 aliphatic carbocycles. The Balaban J connectivity index is 1.67. The fourth-order valence-corrected chi connectivity index (χ4v) is 5.02. The normalized spacial score (nSPS) is 14.1. The Kier molecular flexibility index (Phi) is 9.52. The highest BCUT2D eigenvalue weighted by atomic mass is 127. The standard InChI is InChI=1S/C28H23ClIN3O9/c1-4-41-24-11-16(10-20(30)25(24)42-14-15-5-7-17(8-6-15)33(37)38)9-18-26(34)31-28(36)32(27(18)35)21-13-22(39-2)19(29)12-23(21)40-3/h5-13H,4,14H2,1-3H3,(H,31,34,36)/b18-9+. The Morgan fingerprint density at radius 3 is 2.31 bits per heavy atom. The summed E-state index contributed by atoms with van der Waals surface area (Å²) in [6.45, 7) is 2.19. The van der Waals surface area contributed by atoms with Crippen molar-refractivity contribution >= 4 is 69.5 Å². The molecule has 1 saturated heterocycles. The number of halogens is 2. The maximum Gasteiger partial charge on any atom is 0.336 e. The van der Waals surface area contributed by atoms with Crippen LogP contribution in [0.4, 0.5) is 16.2 Å². The molecule has 1 N–H and O–H groups in total.